The van der Waals surface area contributed by atoms with E-state index < -0.39 is 6.10 Å². The molecule has 3 heteroatoms. The molecular weight excluding hydrogens is 550 g/mol. The van der Waals surface area contributed by atoms with Gasteiger partial charge in [-0.15, -0.1) is 0 Å². The van der Waals surface area contributed by atoms with Crippen LogP contribution in [0.2, 0.25) is 0 Å². The van der Waals surface area contributed by atoms with Crippen LogP contribution in [-0.4, -0.2) is 10.9 Å². The Morgan fingerprint density at radius 3 is 2.07 bits per heavy atom. The molecule has 2 aliphatic rings. The summed E-state index contributed by atoms with van der Waals surface area (Å²) < 4.78 is 0. The highest BCUT2D eigenvalue weighted by Crippen LogP contribution is 2.53. The van der Waals surface area contributed by atoms with Crippen molar-refractivity contribution in [2.24, 2.45) is 0 Å². The molecule has 1 heterocycles. The first-order chi connectivity index (χ1) is 21.3. The predicted molar refractivity (Wildman–Crippen MR) is 187 cm³/mol. The van der Waals surface area contributed by atoms with E-state index in [0.29, 0.717) is 22.6 Å². The lowest BCUT2D eigenvalue weighted by Crippen LogP contribution is -2.31. The van der Waals surface area contributed by atoms with Crippen molar-refractivity contribution in [3.05, 3.63) is 142 Å². The molecule has 45 heavy (non-hydrogen) atoms. The molecule has 1 unspecified atom stereocenters. The van der Waals surface area contributed by atoms with E-state index in [1.165, 1.54) is 27.9 Å². The number of aliphatic hydroxyl groups is 1. The molecule has 1 atom stereocenters. The lowest BCUT2D eigenvalue weighted by molar-refractivity contribution is 0.102. The van der Waals surface area contributed by atoms with Crippen LogP contribution in [0, 0.1) is 0 Å². The topological polar surface area (TPSA) is 40.5 Å². The number of hydrogen-bond donors (Lipinski definition) is 1. The lowest BCUT2D eigenvalue weighted by Gasteiger charge is -2.42. The Bertz CT molecular complexity index is 2020. The Balaban J connectivity index is 1.36. The van der Waals surface area contributed by atoms with Crippen LogP contribution in [0.3, 0.4) is 0 Å². The van der Waals surface area contributed by atoms with Crippen LogP contribution in [0.25, 0.3) is 16.8 Å². The maximum absolute atomic E-state index is 13.6. The molecule has 0 radical (unpaired) electrons. The Morgan fingerprint density at radius 2 is 1.42 bits per heavy atom. The normalized spacial score (nSPS) is 18.0. The quantitative estimate of drug-likeness (QED) is 0.212. The average molecular weight is 592 g/mol. The van der Waals surface area contributed by atoms with Gasteiger partial charge >= 0.3 is 0 Å². The summed E-state index contributed by atoms with van der Waals surface area (Å²) in [6.45, 7) is 15.8. The first-order valence-corrected chi connectivity index (χ1v) is 16.0. The first kappa shape index (κ1) is 29.3. The molecule has 0 bridgehead atoms. The molecule has 1 aliphatic heterocycles. The molecule has 0 aromatic heterocycles. The van der Waals surface area contributed by atoms with E-state index >= 15 is 0 Å². The summed E-state index contributed by atoms with van der Waals surface area (Å²) >= 11 is 0. The van der Waals surface area contributed by atoms with Crippen molar-refractivity contribution in [1.82, 2.24) is 0 Å². The predicted octanol–water partition coefficient (Wildman–Crippen LogP) is 10.7. The average Bonchev–Trinajstić information content (AvgIpc) is 3.24. The van der Waals surface area contributed by atoms with E-state index in [2.05, 4.69) is 114 Å². The molecule has 3 nitrogen and oxygen atoms in total. The Kier molecular flexibility index (Phi) is 6.69. The fourth-order valence-electron chi connectivity index (χ4n) is 7.06. The highest BCUT2D eigenvalue weighted by Gasteiger charge is 2.38. The molecule has 5 aromatic carbocycles. The number of aliphatic hydroxyl groups excluding tert-OH is 1. The zero-order valence-corrected chi connectivity index (χ0v) is 27.3. The van der Waals surface area contributed by atoms with Gasteiger partial charge in [0.2, 0.25) is 0 Å². The zero-order chi connectivity index (χ0) is 31.8. The van der Waals surface area contributed by atoms with Crippen LogP contribution in [0.1, 0.15) is 104 Å². The third kappa shape index (κ3) is 4.73. The van der Waals surface area contributed by atoms with Crippen molar-refractivity contribution in [3.8, 4) is 0 Å². The van der Waals surface area contributed by atoms with Gasteiger partial charge in [-0.25, -0.2) is 0 Å². The molecule has 0 spiro atoms. The molecule has 0 saturated carbocycles. The minimum absolute atomic E-state index is 0.0709. The summed E-state index contributed by atoms with van der Waals surface area (Å²) in [5, 5.41) is 13.4. The Hall–Kier alpha value is -4.47. The van der Waals surface area contributed by atoms with Crippen molar-refractivity contribution in [2.45, 2.75) is 71.3 Å². The number of hydrogen-bond acceptors (Lipinski definition) is 3. The molecule has 1 aliphatic carbocycles. The monoisotopic (exact) mass is 591 g/mol. The summed E-state index contributed by atoms with van der Waals surface area (Å²) in [5.41, 5.74) is 10.9. The summed E-state index contributed by atoms with van der Waals surface area (Å²) in [4.78, 5) is 16.0. The van der Waals surface area contributed by atoms with E-state index in [1.54, 1.807) is 0 Å². The van der Waals surface area contributed by atoms with E-state index in [0.717, 1.165) is 27.7 Å². The summed E-state index contributed by atoms with van der Waals surface area (Å²) in [6, 6.07) is 34.2. The van der Waals surface area contributed by atoms with Gasteiger partial charge in [0.25, 0.3) is 0 Å². The van der Waals surface area contributed by atoms with Gasteiger partial charge in [0, 0.05) is 22.2 Å². The van der Waals surface area contributed by atoms with Crippen molar-refractivity contribution in [2.75, 3.05) is 4.90 Å². The zero-order valence-electron chi connectivity index (χ0n) is 27.3. The minimum atomic E-state index is -0.951. The van der Waals surface area contributed by atoms with E-state index in [4.69, 9.17) is 0 Å². The molecule has 0 amide bonds. The number of benzene rings is 5. The standard InChI is InChI=1S/C42H41NO2/c1-25(2)27-13-19-38-36(24-27)42(6,7)35-21-26(12-18-37(35)43(38)31-16-14-30(15-17-31)41(3,4)5)20-34-39(44)32-22-28-10-8-9-11-29(28)23-33(32)40(34)45/h8-25,39,44H,1-7H3/b34-20+. The molecule has 0 saturated heterocycles. The van der Waals surface area contributed by atoms with Crippen LogP contribution in [-0.2, 0) is 10.8 Å². The molecule has 0 fully saturated rings. The third-order valence-electron chi connectivity index (χ3n) is 9.86. The number of anilines is 3. The fourth-order valence-corrected chi connectivity index (χ4v) is 7.06. The number of fused-ring (bicyclic) bond motifs is 4. The van der Waals surface area contributed by atoms with Crippen molar-refractivity contribution < 1.29 is 9.90 Å². The number of Topliss-reactive ketones (excluding diaryl/α,β-unsaturated/α-hetero) is 1. The van der Waals surface area contributed by atoms with Crippen LogP contribution in [0.5, 0.6) is 0 Å². The summed E-state index contributed by atoms with van der Waals surface area (Å²) in [6.07, 6.45) is 0.935. The maximum Gasteiger partial charge on any atom is 0.192 e. The minimum Gasteiger partial charge on any atom is -0.383 e. The first-order valence-electron chi connectivity index (χ1n) is 16.0. The molecule has 1 N–H and O–H groups in total. The van der Waals surface area contributed by atoms with Crippen LogP contribution in [0.4, 0.5) is 17.1 Å². The van der Waals surface area contributed by atoms with Gasteiger partial charge in [0.05, 0.1) is 11.4 Å². The van der Waals surface area contributed by atoms with E-state index in [9.17, 15) is 9.90 Å². The van der Waals surface area contributed by atoms with E-state index in [-0.39, 0.29) is 16.6 Å². The SMILES string of the molecule is CC(C)c1ccc2c(c1)C(C)(C)c1cc(/C=C3/C(=O)c4cc5ccccc5cc4C3O)ccc1N2c1ccc(C(C)(C)C)cc1. The van der Waals surface area contributed by atoms with Gasteiger partial charge < -0.3 is 10.0 Å². The number of carbonyl (C=O) groups excluding carboxylic acids is 1. The highest BCUT2D eigenvalue weighted by atomic mass is 16.3. The van der Waals surface area contributed by atoms with Gasteiger partial charge in [0.1, 0.15) is 6.10 Å². The number of nitrogens with zero attached hydrogens (tertiary/aromatic N) is 1. The van der Waals surface area contributed by atoms with Crippen LogP contribution in [0.15, 0.2) is 103 Å². The Labute approximate surface area is 266 Å². The molecule has 5 aromatic rings. The maximum atomic E-state index is 13.6. The highest BCUT2D eigenvalue weighted by molar-refractivity contribution is 6.18. The van der Waals surface area contributed by atoms with Crippen molar-refractivity contribution in [3.63, 3.8) is 0 Å². The lowest BCUT2D eigenvalue weighted by atomic mass is 9.72. The van der Waals surface area contributed by atoms with Gasteiger partial charge in [-0.05, 0) is 104 Å². The molecule has 226 valence electrons. The second-order valence-corrected chi connectivity index (χ2v) is 14.6. The van der Waals surface area contributed by atoms with E-state index in [1.807, 2.05) is 42.5 Å². The second kappa shape index (κ2) is 10.3. The number of rotatable bonds is 3. The summed E-state index contributed by atoms with van der Waals surface area (Å²) in [5.74, 6) is 0.309. The fraction of sp³-hybridized carbons (Fsp3) is 0.262. The summed E-state index contributed by atoms with van der Waals surface area (Å²) in [7, 11) is 0. The number of carbonyl (C=O) groups is 1. The largest absolute Gasteiger partial charge is 0.383 e. The smallest absolute Gasteiger partial charge is 0.192 e. The molecular formula is C42H41NO2. The van der Waals surface area contributed by atoms with Crippen molar-refractivity contribution >= 4 is 39.7 Å². The van der Waals surface area contributed by atoms with Crippen molar-refractivity contribution in [1.29, 1.82) is 0 Å². The van der Waals surface area contributed by atoms with Crippen LogP contribution >= 0.6 is 0 Å². The van der Waals surface area contributed by atoms with Gasteiger partial charge in [-0.2, -0.15) is 0 Å². The third-order valence-corrected chi connectivity index (χ3v) is 9.86. The Morgan fingerprint density at radius 1 is 0.800 bits per heavy atom. The van der Waals surface area contributed by atoms with Crippen LogP contribution < -0.4 is 4.90 Å². The second-order valence-electron chi connectivity index (χ2n) is 14.6. The number of ketones is 1. The van der Waals surface area contributed by atoms with Gasteiger partial charge in [-0.1, -0.05) is 103 Å². The molecule has 7 rings (SSSR count). The van der Waals surface area contributed by atoms with Gasteiger partial charge in [0.15, 0.2) is 5.78 Å². The van der Waals surface area contributed by atoms with Gasteiger partial charge in [-0.3, -0.25) is 4.79 Å².